The van der Waals surface area contributed by atoms with Gasteiger partial charge in [-0.15, -0.1) is 6.58 Å². The number of ether oxygens (including phenoxy) is 3. The second kappa shape index (κ2) is 9.51. The number of alkyl halides is 3. The van der Waals surface area contributed by atoms with Gasteiger partial charge in [0.1, 0.15) is 11.5 Å². The van der Waals surface area contributed by atoms with Crippen molar-refractivity contribution < 1.29 is 41.8 Å². The molecule has 1 fully saturated rings. The van der Waals surface area contributed by atoms with Crippen LogP contribution in [0.15, 0.2) is 36.9 Å². The molecule has 1 aliphatic heterocycles. The number of methoxy groups -OCH3 is 2. The van der Waals surface area contributed by atoms with Crippen molar-refractivity contribution in [1.82, 2.24) is 5.32 Å². The van der Waals surface area contributed by atoms with E-state index in [4.69, 9.17) is 14.2 Å². The molecule has 1 aromatic rings. The fourth-order valence-electron chi connectivity index (χ4n) is 3.95. The molecule has 0 spiro atoms. The highest BCUT2D eigenvalue weighted by molar-refractivity contribution is 5.94. The molecule has 4 unspecified atom stereocenters. The van der Waals surface area contributed by atoms with Crippen LogP contribution in [-0.2, 0) is 34.8 Å². The lowest BCUT2D eigenvalue weighted by molar-refractivity contribution is -0.165. The zero-order chi connectivity index (χ0) is 23.4. The van der Waals surface area contributed by atoms with Crippen LogP contribution >= 0.6 is 0 Å². The molecule has 0 amide bonds. The molecule has 0 aromatic heterocycles. The lowest BCUT2D eigenvalue weighted by Gasteiger charge is -2.31. The minimum atomic E-state index is -4.55. The summed E-state index contributed by atoms with van der Waals surface area (Å²) < 4.78 is 53.8. The van der Waals surface area contributed by atoms with Crippen molar-refractivity contribution in [2.45, 2.75) is 31.1 Å². The van der Waals surface area contributed by atoms with Gasteiger partial charge in [-0.2, -0.15) is 13.2 Å². The summed E-state index contributed by atoms with van der Waals surface area (Å²) in [4.78, 5) is 38.4. The topological polar surface area (TPSA) is 90.9 Å². The number of carbonyl (C=O) groups excluding carboxylic acids is 3. The van der Waals surface area contributed by atoms with Gasteiger partial charge in [-0.3, -0.25) is 19.7 Å². The molecular formula is C21H24F3NO6. The Morgan fingerprint density at radius 2 is 1.71 bits per heavy atom. The summed E-state index contributed by atoms with van der Waals surface area (Å²) in [5.74, 6) is -5.14. The highest BCUT2D eigenvalue weighted by atomic mass is 19.4. The molecular weight excluding hydrogens is 419 g/mol. The average molecular weight is 443 g/mol. The molecule has 170 valence electrons. The van der Waals surface area contributed by atoms with Gasteiger partial charge < -0.3 is 14.2 Å². The minimum Gasteiger partial charge on any atom is -0.469 e. The minimum absolute atomic E-state index is 0.00113. The van der Waals surface area contributed by atoms with Gasteiger partial charge in [0.2, 0.25) is 0 Å². The van der Waals surface area contributed by atoms with Crippen molar-refractivity contribution in [3.63, 3.8) is 0 Å². The summed E-state index contributed by atoms with van der Waals surface area (Å²) in [7, 11) is 2.21. The summed E-state index contributed by atoms with van der Waals surface area (Å²) in [6.45, 7) is 5.19. The zero-order valence-corrected chi connectivity index (χ0v) is 17.3. The Hall–Kier alpha value is -2.88. The first-order chi connectivity index (χ1) is 14.6. The summed E-state index contributed by atoms with van der Waals surface area (Å²) >= 11 is 0. The normalized spacial score (nSPS) is 25.5. The van der Waals surface area contributed by atoms with Gasteiger partial charge in [0.15, 0.2) is 0 Å². The van der Waals surface area contributed by atoms with Gasteiger partial charge in [-0.05, 0) is 31.0 Å². The van der Waals surface area contributed by atoms with E-state index in [1.165, 1.54) is 18.2 Å². The Morgan fingerprint density at radius 1 is 1.13 bits per heavy atom. The SMILES string of the molecule is C=CCC1(C(=O)OCC)NC(c2ccc(C(F)(F)F)cc2)C(C(=O)OC)C1C(=O)OC. The van der Waals surface area contributed by atoms with Crippen LogP contribution in [0.2, 0.25) is 0 Å². The van der Waals surface area contributed by atoms with E-state index in [0.29, 0.717) is 0 Å². The second-order valence-electron chi connectivity index (χ2n) is 6.98. The summed E-state index contributed by atoms with van der Waals surface area (Å²) in [6, 6.07) is 3.05. The van der Waals surface area contributed by atoms with Crippen LogP contribution in [0, 0.1) is 11.8 Å². The van der Waals surface area contributed by atoms with Crippen LogP contribution in [0.4, 0.5) is 13.2 Å². The number of nitrogens with one attached hydrogen (secondary N) is 1. The van der Waals surface area contributed by atoms with Gasteiger partial charge in [0.25, 0.3) is 0 Å². The molecule has 0 saturated carbocycles. The fourth-order valence-corrected chi connectivity index (χ4v) is 3.95. The van der Waals surface area contributed by atoms with E-state index in [1.54, 1.807) is 6.92 Å². The standard InChI is InChI=1S/C21H24F3NO6/c1-5-11-20(19(28)31-6-2)15(18(27)30-4)14(17(26)29-3)16(25-20)12-7-9-13(10-8-12)21(22,23)24/h5,7-10,14-16,25H,1,6,11H2,2-4H3. The molecule has 1 aromatic carbocycles. The van der Waals surface area contributed by atoms with E-state index in [0.717, 1.165) is 26.4 Å². The molecule has 0 bridgehead atoms. The van der Waals surface area contributed by atoms with E-state index >= 15 is 0 Å². The number of halogens is 3. The van der Waals surface area contributed by atoms with Crippen LogP contribution in [0.25, 0.3) is 0 Å². The summed E-state index contributed by atoms with van der Waals surface area (Å²) in [6.07, 6.45) is -3.27. The van der Waals surface area contributed by atoms with Crippen LogP contribution < -0.4 is 5.32 Å². The van der Waals surface area contributed by atoms with Crippen LogP contribution in [0.1, 0.15) is 30.5 Å². The quantitative estimate of drug-likeness (QED) is 0.394. The number of esters is 3. The molecule has 7 nitrogen and oxygen atoms in total. The van der Waals surface area contributed by atoms with E-state index in [-0.39, 0.29) is 18.6 Å². The number of hydrogen-bond donors (Lipinski definition) is 1. The molecule has 1 aliphatic rings. The maximum Gasteiger partial charge on any atom is 0.416 e. The van der Waals surface area contributed by atoms with Crippen molar-refractivity contribution in [3.05, 3.63) is 48.0 Å². The summed E-state index contributed by atoms with van der Waals surface area (Å²) in [5.41, 5.74) is -2.35. The van der Waals surface area contributed by atoms with Gasteiger partial charge >= 0.3 is 24.1 Å². The van der Waals surface area contributed by atoms with E-state index in [1.807, 2.05) is 0 Å². The van der Waals surface area contributed by atoms with Crippen molar-refractivity contribution in [2.75, 3.05) is 20.8 Å². The lowest BCUT2D eigenvalue weighted by atomic mass is 9.76. The lowest BCUT2D eigenvalue weighted by Crippen LogP contribution is -2.56. The first-order valence-electron chi connectivity index (χ1n) is 9.46. The first kappa shape index (κ1) is 24.4. The Balaban J connectivity index is 2.66. The number of rotatable bonds is 7. The molecule has 4 atom stereocenters. The van der Waals surface area contributed by atoms with Gasteiger partial charge in [-0.25, -0.2) is 0 Å². The molecule has 2 rings (SSSR count). The van der Waals surface area contributed by atoms with E-state index in [9.17, 15) is 27.6 Å². The highest BCUT2D eigenvalue weighted by Gasteiger charge is 2.64. The Labute approximate surface area is 177 Å². The zero-order valence-electron chi connectivity index (χ0n) is 17.3. The molecule has 0 radical (unpaired) electrons. The molecule has 31 heavy (non-hydrogen) atoms. The van der Waals surface area contributed by atoms with E-state index < -0.39 is 53.1 Å². The van der Waals surface area contributed by atoms with Crippen LogP contribution in [0.5, 0.6) is 0 Å². The van der Waals surface area contributed by atoms with Gasteiger partial charge in [0.05, 0.1) is 32.3 Å². The Morgan fingerprint density at radius 3 is 2.16 bits per heavy atom. The second-order valence-corrected chi connectivity index (χ2v) is 6.98. The monoisotopic (exact) mass is 443 g/mol. The van der Waals surface area contributed by atoms with Crippen molar-refractivity contribution in [3.8, 4) is 0 Å². The van der Waals surface area contributed by atoms with Crippen LogP contribution in [0.3, 0.4) is 0 Å². The van der Waals surface area contributed by atoms with Gasteiger partial charge in [-0.1, -0.05) is 18.2 Å². The molecule has 1 saturated heterocycles. The third-order valence-electron chi connectivity index (χ3n) is 5.29. The van der Waals surface area contributed by atoms with E-state index in [2.05, 4.69) is 11.9 Å². The number of carbonyl (C=O) groups is 3. The number of benzene rings is 1. The maximum atomic E-state index is 13.0. The average Bonchev–Trinajstić information content (AvgIpc) is 3.08. The largest absolute Gasteiger partial charge is 0.469 e. The molecule has 1 heterocycles. The Kier molecular flexibility index (Phi) is 7.48. The molecule has 10 heteroatoms. The smallest absolute Gasteiger partial charge is 0.416 e. The third kappa shape index (κ3) is 4.58. The fraction of sp³-hybridized carbons (Fsp3) is 0.476. The highest BCUT2D eigenvalue weighted by Crippen LogP contribution is 2.47. The van der Waals surface area contributed by atoms with Crippen LogP contribution in [-0.4, -0.2) is 44.3 Å². The third-order valence-corrected chi connectivity index (χ3v) is 5.29. The molecule has 0 aliphatic carbocycles. The van der Waals surface area contributed by atoms with Gasteiger partial charge in [0, 0.05) is 6.04 Å². The Bertz CT molecular complexity index is 839. The van der Waals surface area contributed by atoms with Crippen molar-refractivity contribution in [2.24, 2.45) is 11.8 Å². The van der Waals surface area contributed by atoms with Crippen molar-refractivity contribution >= 4 is 17.9 Å². The van der Waals surface area contributed by atoms with Crippen molar-refractivity contribution in [1.29, 1.82) is 0 Å². The predicted octanol–water partition coefficient (Wildman–Crippen LogP) is 2.81. The predicted molar refractivity (Wildman–Crippen MR) is 103 cm³/mol. The molecule has 1 N–H and O–H groups in total. The summed E-state index contributed by atoms with van der Waals surface area (Å²) in [5, 5.41) is 2.97. The first-order valence-corrected chi connectivity index (χ1v) is 9.46. The number of hydrogen-bond acceptors (Lipinski definition) is 7. The maximum absolute atomic E-state index is 13.0.